The summed E-state index contributed by atoms with van der Waals surface area (Å²) in [6.45, 7) is 2.14. The Bertz CT molecular complexity index is 672. The molecule has 0 N–H and O–H groups in total. The molecule has 2 rings (SSSR count). The monoisotopic (exact) mass is 312 g/mol. The molecular formula is C19H20O2S. The third-order valence-electron chi connectivity index (χ3n) is 3.50. The van der Waals surface area contributed by atoms with Crippen molar-refractivity contribution in [3.63, 3.8) is 0 Å². The fraction of sp³-hybridized carbons (Fsp3) is 0.211. The fourth-order valence-corrected chi connectivity index (χ4v) is 2.34. The Morgan fingerprint density at radius 2 is 1.77 bits per heavy atom. The van der Waals surface area contributed by atoms with Crippen molar-refractivity contribution in [2.75, 3.05) is 14.2 Å². The number of benzene rings is 2. The molecule has 0 aliphatic heterocycles. The largest absolute Gasteiger partial charge is 0.497 e. The molecule has 0 heterocycles. The molecule has 0 aliphatic carbocycles. The molecule has 2 aromatic carbocycles. The van der Waals surface area contributed by atoms with E-state index in [0.29, 0.717) is 0 Å². The number of allylic oxidation sites excluding steroid dienone is 1. The third kappa shape index (κ3) is 3.95. The molecule has 2 aromatic rings. The topological polar surface area (TPSA) is 18.5 Å². The van der Waals surface area contributed by atoms with E-state index in [4.69, 9.17) is 21.7 Å². The first-order chi connectivity index (χ1) is 10.7. The van der Waals surface area contributed by atoms with Crippen LogP contribution in [0.4, 0.5) is 0 Å². The summed E-state index contributed by atoms with van der Waals surface area (Å²) in [4.78, 5) is 0.799. The van der Waals surface area contributed by atoms with Crippen LogP contribution in [-0.4, -0.2) is 19.1 Å². The van der Waals surface area contributed by atoms with Gasteiger partial charge in [-0.15, -0.1) is 0 Å². The molecule has 0 aliphatic rings. The number of aryl methyl sites for hydroxylation is 1. The lowest BCUT2D eigenvalue weighted by Gasteiger charge is -2.07. The lowest BCUT2D eigenvalue weighted by molar-refractivity contribution is 0.402. The Morgan fingerprint density at radius 3 is 2.36 bits per heavy atom. The summed E-state index contributed by atoms with van der Waals surface area (Å²) >= 11 is 5.48. The molecular weight excluding hydrogens is 292 g/mol. The van der Waals surface area contributed by atoms with E-state index in [2.05, 4.69) is 31.2 Å². The number of thiocarbonyl (C=S) groups is 1. The van der Waals surface area contributed by atoms with E-state index in [0.717, 1.165) is 33.9 Å². The molecule has 0 saturated carbocycles. The molecule has 0 saturated heterocycles. The standard InChI is InChI=1S/C19H20O2S/c1-4-14-5-7-15(8-6-14)19(22)12-9-16-13-17(20-2)10-11-18(16)21-3/h5-13H,4H2,1-3H3. The van der Waals surface area contributed by atoms with Gasteiger partial charge in [-0.3, -0.25) is 0 Å². The van der Waals surface area contributed by atoms with E-state index in [1.807, 2.05) is 30.4 Å². The molecule has 0 atom stereocenters. The van der Waals surface area contributed by atoms with Gasteiger partial charge in [0.15, 0.2) is 0 Å². The van der Waals surface area contributed by atoms with Crippen LogP contribution in [-0.2, 0) is 6.42 Å². The molecule has 2 nitrogen and oxygen atoms in total. The highest BCUT2D eigenvalue weighted by Crippen LogP contribution is 2.25. The molecule has 0 fully saturated rings. The van der Waals surface area contributed by atoms with Crippen molar-refractivity contribution in [1.82, 2.24) is 0 Å². The molecule has 0 spiro atoms. The fourth-order valence-electron chi connectivity index (χ4n) is 2.14. The Kier molecular flexibility index (Phi) is 5.73. The summed E-state index contributed by atoms with van der Waals surface area (Å²) < 4.78 is 10.6. The second-order valence-corrected chi connectivity index (χ2v) is 5.30. The molecule has 0 unspecified atom stereocenters. The first-order valence-electron chi connectivity index (χ1n) is 7.21. The lowest BCUT2D eigenvalue weighted by Crippen LogP contribution is -1.94. The molecule has 22 heavy (non-hydrogen) atoms. The number of methoxy groups -OCH3 is 2. The van der Waals surface area contributed by atoms with Crippen molar-refractivity contribution in [2.45, 2.75) is 13.3 Å². The summed E-state index contributed by atoms with van der Waals surface area (Å²) in [6, 6.07) is 14.0. The van der Waals surface area contributed by atoms with Crippen LogP contribution in [0.2, 0.25) is 0 Å². The van der Waals surface area contributed by atoms with E-state index >= 15 is 0 Å². The highest BCUT2D eigenvalue weighted by molar-refractivity contribution is 7.81. The van der Waals surface area contributed by atoms with Crippen molar-refractivity contribution >= 4 is 23.2 Å². The van der Waals surface area contributed by atoms with Crippen LogP contribution < -0.4 is 9.47 Å². The summed E-state index contributed by atoms with van der Waals surface area (Å²) in [7, 11) is 3.30. The zero-order chi connectivity index (χ0) is 15.9. The van der Waals surface area contributed by atoms with Crippen LogP contribution in [0.3, 0.4) is 0 Å². The summed E-state index contributed by atoms with van der Waals surface area (Å²) in [5.74, 6) is 1.58. The zero-order valence-corrected chi connectivity index (χ0v) is 13.9. The van der Waals surface area contributed by atoms with Crippen molar-refractivity contribution in [1.29, 1.82) is 0 Å². The Hall–Kier alpha value is -2.13. The average molecular weight is 312 g/mol. The quantitative estimate of drug-likeness (QED) is 0.438. The van der Waals surface area contributed by atoms with Gasteiger partial charge in [-0.25, -0.2) is 0 Å². The minimum atomic E-state index is 0.790. The number of ether oxygens (including phenoxy) is 2. The Morgan fingerprint density at radius 1 is 1.05 bits per heavy atom. The first kappa shape index (κ1) is 16.2. The SMILES string of the molecule is CCc1ccc(C(=S)C=Cc2cc(OC)ccc2OC)cc1. The molecule has 3 heteroatoms. The normalized spacial score (nSPS) is 10.7. The first-order valence-corrected chi connectivity index (χ1v) is 7.62. The van der Waals surface area contributed by atoms with Crippen LogP contribution in [0.5, 0.6) is 11.5 Å². The van der Waals surface area contributed by atoms with Gasteiger partial charge in [0, 0.05) is 10.4 Å². The minimum absolute atomic E-state index is 0.790. The van der Waals surface area contributed by atoms with Gasteiger partial charge in [0.1, 0.15) is 11.5 Å². The highest BCUT2D eigenvalue weighted by atomic mass is 32.1. The van der Waals surface area contributed by atoms with Crippen molar-refractivity contribution in [3.05, 3.63) is 65.2 Å². The van der Waals surface area contributed by atoms with Gasteiger partial charge in [-0.1, -0.05) is 43.4 Å². The Labute approximate surface area is 137 Å². The maximum Gasteiger partial charge on any atom is 0.126 e. The second kappa shape index (κ2) is 7.76. The predicted molar refractivity (Wildman–Crippen MR) is 96.1 cm³/mol. The van der Waals surface area contributed by atoms with E-state index in [1.165, 1.54) is 5.56 Å². The van der Waals surface area contributed by atoms with Gasteiger partial charge in [0.05, 0.1) is 14.2 Å². The zero-order valence-electron chi connectivity index (χ0n) is 13.1. The summed E-state index contributed by atoms with van der Waals surface area (Å²) in [5, 5.41) is 0. The summed E-state index contributed by atoms with van der Waals surface area (Å²) in [6.07, 6.45) is 4.91. The van der Waals surface area contributed by atoms with Crippen molar-refractivity contribution in [3.8, 4) is 11.5 Å². The van der Waals surface area contributed by atoms with Crippen molar-refractivity contribution < 1.29 is 9.47 Å². The molecule has 114 valence electrons. The van der Waals surface area contributed by atoms with E-state index in [9.17, 15) is 0 Å². The van der Waals surface area contributed by atoms with E-state index in [-0.39, 0.29) is 0 Å². The Balaban J connectivity index is 2.21. The lowest BCUT2D eigenvalue weighted by atomic mass is 10.1. The number of rotatable bonds is 6. The average Bonchev–Trinajstić information content (AvgIpc) is 2.59. The van der Waals surface area contributed by atoms with Crippen LogP contribution in [0, 0.1) is 0 Å². The van der Waals surface area contributed by atoms with E-state index < -0.39 is 0 Å². The minimum Gasteiger partial charge on any atom is -0.497 e. The van der Waals surface area contributed by atoms with E-state index in [1.54, 1.807) is 14.2 Å². The number of hydrogen-bond acceptors (Lipinski definition) is 3. The van der Waals surface area contributed by atoms with Crippen LogP contribution >= 0.6 is 12.2 Å². The van der Waals surface area contributed by atoms with Gasteiger partial charge in [0.25, 0.3) is 0 Å². The van der Waals surface area contributed by atoms with Gasteiger partial charge < -0.3 is 9.47 Å². The molecule has 0 bridgehead atoms. The smallest absolute Gasteiger partial charge is 0.126 e. The van der Waals surface area contributed by atoms with Crippen LogP contribution in [0.25, 0.3) is 6.08 Å². The van der Waals surface area contributed by atoms with Crippen molar-refractivity contribution in [2.24, 2.45) is 0 Å². The van der Waals surface area contributed by atoms with Crippen LogP contribution in [0.1, 0.15) is 23.6 Å². The number of hydrogen-bond donors (Lipinski definition) is 0. The maximum atomic E-state index is 5.48. The second-order valence-electron chi connectivity index (χ2n) is 4.86. The maximum absolute atomic E-state index is 5.48. The van der Waals surface area contributed by atoms with Gasteiger partial charge >= 0.3 is 0 Å². The predicted octanol–water partition coefficient (Wildman–Crippen LogP) is 4.70. The van der Waals surface area contributed by atoms with Gasteiger partial charge in [-0.05, 0) is 47.9 Å². The molecule has 0 amide bonds. The highest BCUT2D eigenvalue weighted by Gasteiger charge is 2.03. The van der Waals surface area contributed by atoms with Gasteiger partial charge in [0.2, 0.25) is 0 Å². The molecule has 0 radical (unpaired) electrons. The summed E-state index contributed by atoms with van der Waals surface area (Å²) in [5.41, 5.74) is 3.30. The third-order valence-corrected chi connectivity index (χ3v) is 3.87. The molecule has 0 aromatic heterocycles. The van der Waals surface area contributed by atoms with Gasteiger partial charge in [-0.2, -0.15) is 0 Å². The van der Waals surface area contributed by atoms with Crippen LogP contribution in [0.15, 0.2) is 48.5 Å².